The predicted octanol–water partition coefficient (Wildman–Crippen LogP) is 1.63. The van der Waals surface area contributed by atoms with E-state index >= 15 is 0 Å². The number of rotatable bonds is 3. The molecule has 0 saturated carbocycles. The molecular formula is C14H21N3OS. The number of likely N-dealkylation sites (tertiary alicyclic amines) is 1. The molecule has 5 heteroatoms. The van der Waals surface area contributed by atoms with Crippen LogP contribution in [0, 0.1) is 5.92 Å². The number of nitrogens with zero attached hydrogens (tertiary/aromatic N) is 2. The lowest BCUT2D eigenvalue weighted by atomic mass is 9.95. The Morgan fingerprint density at radius 3 is 3.05 bits per heavy atom. The molecular weight excluding hydrogens is 258 g/mol. The third-order valence-corrected chi connectivity index (χ3v) is 5.20. The molecule has 2 aliphatic rings. The standard InChI is InChI=1S/C14H21N3OS/c1-2-12-9-19-13(16-12)10-4-3-5-17(8-10)14(18)11-6-15-7-11/h9-11,15H,2-8H2,1H3. The highest BCUT2D eigenvalue weighted by Crippen LogP contribution is 2.30. The van der Waals surface area contributed by atoms with Crippen LogP contribution in [0.25, 0.3) is 0 Å². The summed E-state index contributed by atoms with van der Waals surface area (Å²) in [5, 5.41) is 6.56. The average Bonchev–Trinajstić information content (AvgIpc) is 2.85. The van der Waals surface area contributed by atoms with Crippen molar-refractivity contribution in [3.63, 3.8) is 0 Å². The fourth-order valence-electron chi connectivity index (χ4n) is 2.77. The van der Waals surface area contributed by atoms with E-state index in [1.165, 1.54) is 17.1 Å². The lowest BCUT2D eigenvalue weighted by molar-refractivity contribution is -0.138. The predicted molar refractivity (Wildman–Crippen MR) is 76.4 cm³/mol. The molecule has 1 unspecified atom stereocenters. The molecule has 1 aromatic rings. The van der Waals surface area contributed by atoms with Crippen molar-refractivity contribution in [2.45, 2.75) is 32.1 Å². The summed E-state index contributed by atoms with van der Waals surface area (Å²) in [5.74, 6) is 1.02. The van der Waals surface area contributed by atoms with Crippen molar-refractivity contribution in [1.82, 2.24) is 15.2 Å². The van der Waals surface area contributed by atoms with E-state index < -0.39 is 0 Å². The van der Waals surface area contributed by atoms with Gasteiger partial charge in [0.2, 0.25) is 5.91 Å². The van der Waals surface area contributed by atoms with E-state index in [0.717, 1.165) is 39.0 Å². The quantitative estimate of drug-likeness (QED) is 0.914. The van der Waals surface area contributed by atoms with E-state index in [0.29, 0.717) is 11.8 Å². The largest absolute Gasteiger partial charge is 0.342 e. The molecule has 1 atom stereocenters. The van der Waals surface area contributed by atoms with Crippen LogP contribution < -0.4 is 5.32 Å². The van der Waals surface area contributed by atoms with Crippen LogP contribution in [0.2, 0.25) is 0 Å². The monoisotopic (exact) mass is 279 g/mol. The normalized spacial score (nSPS) is 24.3. The van der Waals surface area contributed by atoms with Crippen molar-refractivity contribution < 1.29 is 4.79 Å². The molecule has 2 aliphatic heterocycles. The van der Waals surface area contributed by atoms with E-state index in [9.17, 15) is 4.79 Å². The Balaban J connectivity index is 1.65. The van der Waals surface area contributed by atoms with Gasteiger partial charge in [0.15, 0.2) is 0 Å². The third-order valence-electron chi connectivity index (χ3n) is 4.14. The first-order valence-corrected chi connectivity index (χ1v) is 8.09. The lowest BCUT2D eigenvalue weighted by Crippen LogP contribution is -2.53. The molecule has 0 bridgehead atoms. The van der Waals surface area contributed by atoms with Gasteiger partial charge in [-0.2, -0.15) is 0 Å². The van der Waals surface area contributed by atoms with E-state index in [-0.39, 0.29) is 5.92 Å². The topological polar surface area (TPSA) is 45.2 Å². The molecule has 1 aromatic heterocycles. The summed E-state index contributed by atoms with van der Waals surface area (Å²) in [6.45, 7) is 5.65. The smallest absolute Gasteiger partial charge is 0.228 e. The maximum atomic E-state index is 12.3. The Bertz CT molecular complexity index is 455. The molecule has 1 N–H and O–H groups in total. The summed E-state index contributed by atoms with van der Waals surface area (Å²) < 4.78 is 0. The SMILES string of the molecule is CCc1csc(C2CCCN(C(=O)C3CNC3)C2)n1. The van der Waals surface area contributed by atoms with E-state index in [1.54, 1.807) is 11.3 Å². The molecule has 3 heterocycles. The maximum Gasteiger partial charge on any atom is 0.228 e. The summed E-state index contributed by atoms with van der Waals surface area (Å²) in [6, 6.07) is 0. The zero-order valence-corrected chi connectivity index (χ0v) is 12.2. The van der Waals surface area contributed by atoms with Crippen LogP contribution in [0.1, 0.15) is 36.4 Å². The Morgan fingerprint density at radius 1 is 1.58 bits per heavy atom. The van der Waals surface area contributed by atoms with Gasteiger partial charge in [-0.25, -0.2) is 4.98 Å². The number of carbonyl (C=O) groups is 1. The first-order chi connectivity index (χ1) is 9.28. The fourth-order valence-corrected chi connectivity index (χ4v) is 3.80. The van der Waals surface area contributed by atoms with Crippen LogP contribution in [0.15, 0.2) is 5.38 Å². The van der Waals surface area contributed by atoms with Crippen LogP contribution in [0.3, 0.4) is 0 Å². The van der Waals surface area contributed by atoms with Gasteiger partial charge in [0.05, 0.1) is 16.6 Å². The number of hydrogen-bond acceptors (Lipinski definition) is 4. The van der Waals surface area contributed by atoms with Gasteiger partial charge < -0.3 is 10.2 Å². The second-order valence-electron chi connectivity index (χ2n) is 5.51. The zero-order chi connectivity index (χ0) is 13.2. The first-order valence-electron chi connectivity index (χ1n) is 7.21. The number of nitrogens with one attached hydrogen (secondary N) is 1. The lowest BCUT2D eigenvalue weighted by Gasteiger charge is -2.37. The first kappa shape index (κ1) is 13.1. The zero-order valence-electron chi connectivity index (χ0n) is 11.4. The Kier molecular flexibility index (Phi) is 3.84. The Labute approximate surface area is 118 Å². The van der Waals surface area contributed by atoms with Crippen LogP contribution in [0.5, 0.6) is 0 Å². The number of hydrogen-bond donors (Lipinski definition) is 1. The van der Waals surface area contributed by atoms with Crippen LogP contribution >= 0.6 is 11.3 Å². The molecule has 1 amide bonds. The van der Waals surface area contributed by atoms with Crippen LogP contribution in [0.4, 0.5) is 0 Å². The highest BCUT2D eigenvalue weighted by Gasteiger charge is 2.33. The van der Waals surface area contributed by atoms with Gasteiger partial charge in [0.25, 0.3) is 0 Å². The number of piperidine rings is 1. The second-order valence-corrected chi connectivity index (χ2v) is 6.40. The van der Waals surface area contributed by atoms with E-state index in [4.69, 9.17) is 4.98 Å². The van der Waals surface area contributed by atoms with Crippen LogP contribution in [-0.2, 0) is 11.2 Å². The van der Waals surface area contributed by atoms with Gasteiger partial charge in [0, 0.05) is 37.5 Å². The van der Waals surface area contributed by atoms with Crippen molar-refractivity contribution in [3.8, 4) is 0 Å². The number of thiazole rings is 1. The third kappa shape index (κ3) is 2.67. The van der Waals surface area contributed by atoms with Gasteiger partial charge in [0.1, 0.15) is 0 Å². The average molecular weight is 279 g/mol. The molecule has 0 aromatic carbocycles. The summed E-state index contributed by atoms with van der Waals surface area (Å²) in [5.41, 5.74) is 1.19. The Hall–Kier alpha value is -0.940. The van der Waals surface area contributed by atoms with Crippen molar-refractivity contribution in [3.05, 3.63) is 16.1 Å². The highest BCUT2D eigenvalue weighted by atomic mass is 32.1. The van der Waals surface area contributed by atoms with Gasteiger partial charge in [-0.15, -0.1) is 11.3 Å². The number of carbonyl (C=O) groups excluding carboxylic acids is 1. The minimum atomic E-state index is 0.223. The fraction of sp³-hybridized carbons (Fsp3) is 0.714. The Morgan fingerprint density at radius 2 is 2.42 bits per heavy atom. The molecule has 0 radical (unpaired) electrons. The number of amides is 1. The summed E-state index contributed by atoms with van der Waals surface area (Å²) in [4.78, 5) is 19.0. The van der Waals surface area contributed by atoms with Crippen LogP contribution in [-0.4, -0.2) is 42.0 Å². The van der Waals surface area contributed by atoms with Gasteiger partial charge in [-0.3, -0.25) is 4.79 Å². The molecule has 19 heavy (non-hydrogen) atoms. The summed E-state index contributed by atoms with van der Waals surface area (Å²) in [7, 11) is 0. The molecule has 2 saturated heterocycles. The second kappa shape index (κ2) is 5.59. The van der Waals surface area contributed by atoms with Gasteiger partial charge >= 0.3 is 0 Å². The minimum absolute atomic E-state index is 0.223. The molecule has 0 spiro atoms. The van der Waals surface area contributed by atoms with E-state index in [2.05, 4.69) is 22.5 Å². The summed E-state index contributed by atoms with van der Waals surface area (Å²) >= 11 is 1.76. The molecule has 2 fully saturated rings. The van der Waals surface area contributed by atoms with Gasteiger partial charge in [-0.1, -0.05) is 6.92 Å². The minimum Gasteiger partial charge on any atom is -0.342 e. The molecule has 0 aliphatic carbocycles. The number of aryl methyl sites for hydroxylation is 1. The van der Waals surface area contributed by atoms with Crippen molar-refractivity contribution in [2.75, 3.05) is 26.2 Å². The molecule has 4 nitrogen and oxygen atoms in total. The van der Waals surface area contributed by atoms with Crippen molar-refractivity contribution in [2.24, 2.45) is 5.92 Å². The number of aromatic nitrogens is 1. The maximum absolute atomic E-state index is 12.3. The van der Waals surface area contributed by atoms with E-state index in [1.807, 2.05) is 0 Å². The van der Waals surface area contributed by atoms with Crippen molar-refractivity contribution in [1.29, 1.82) is 0 Å². The molecule has 3 rings (SSSR count). The summed E-state index contributed by atoms with van der Waals surface area (Å²) in [6.07, 6.45) is 3.28. The molecule has 104 valence electrons. The highest BCUT2D eigenvalue weighted by molar-refractivity contribution is 7.09. The van der Waals surface area contributed by atoms with Gasteiger partial charge in [-0.05, 0) is 19.3 Å². The van der Waals surface area contributed by atoms with Crippen molar-refractivity contribution >= 4 is 17.2 Å².